The van der Waals surface area contributed by atoms with E-state index in [9.17, 15) is 0 Å². The van der Waals surface area contributed by atoms with Crippen molar-refractivity contribution in [3.05, 3.63) is 0 Å². The Morgan fingerprint density at radius 2 is 1.08 bits per heavy atom. The van der Waals surface area contributed by atoms with Gasteiger partial charge in [-0.3, -0.25) is 9.11 Å². The van der Waals surface area contributed by atoms with Gasteiger partial charge in [0, 0.05) is 0 Å². The Labute approximate surface area is 67.3 Å². The minimum Gasteiger partial charge on any atom is -0.314 e. The van der Waals surface area contributed by atoms with E-state index in [4.69, 9.17) is 33.1 Å². The maximum absolute atomic E-state index is 8.74. The van der Waals surface area contributed by atoms with Crippen molar-refractivity contribution in [1.82, 2.24) is 16.4 Å². The zero-order valence-electron chi connectivity index (χ0n) is 5.54. The van der Waals surface area contributed by atoms with Crippen LogP contribution in [0.25, 0.3) is 0 Å². The van der Waals surface area contributed by atoms with E-state index < -0.39 is 16.7 Å². The molecule has 0 aliphatic heterocycles. The molecule has 11 heteroatoms. The minimum atomic E-state index is -4.67. The van der Waals surface area contributed by atoms with Crippen LogP contribution in [0, 0.1) is 0 Å². The van der Waals surface area contributed by atoms with Crippen molar-refractivity contribution < 1.29 is 33.1 Å². The fourth-order valence-corrected chi connectivity index (χ4v) is 0.0866. The van der Waals surface area contributed by atoms with Crippen LogP contribution in [0.3, 0.4) is 0 Å². The summed E-state index contributed by atoms with van der Waals surface area (Å²) < 4.78 is 31.6. The monoisotopic (exact) mass is 207 g/mol. The fourth-order valence-electron chi connectivity index (χ4n) is 0.0866. The smallest absolute Gasteiger partial charge is 0.314 e. The molecule has 0 bridgehead atoms. The Kier molecular flexibility index (Phi) is 8.61. The number of hydrogen-bond acceptors (Lipinski definition) is 8. The molecule has 76 valence electrons. The number of hydrogen-bond donors (Lipinski definition) is 8. The molecule has 0 amide bonds. The van der Waals surface area contributed by atoms with Crippen LogP contribution in [-0.2, 0) is 10.4 Å². The molecule has 0 saturated carbocycles. The van der Waals surface area contributed by atoms with Gasteiger partial charge in [0.1, 0.15) is 0 Å². The normalized spacial score (nSPS) is 10.8. The Morgan fingerprint density at radius 3 is 1.08 bits per heavy atom. The summed E-state index contributed by atoms with van der Waals surface area (Å²) in [5, 5.41) is 23.5. The Bertz CT molecular complexity index is 160. The van der Waals surface area contributed by atoms with E-state index >= 15 is 0 Å². The molecule has 0 rings (SSSR count). The van der Waals surface area contributed by atoms with Crippen molar-refractivity contribution in [2.45, 2.75) is 6.29 Å². The lowest BCUT2D eigenvalue weighted by molar-refractivity contribution is -0.0491. The van der Waals surface area contributed by atoms with E-state index in [1.807, 2.05) is 0 Å². The van der Waals surface area contributed by atoms with Crippen molar-refractivity contribution >= 4 is 10.4 Å². The average molecular weight is 207 g/mol. The molecule has 0 aliphatic carbocycles. The van der Waals surface area contributed by atoms with Gasteiger partial charge in [-0.15, -0.1) is 0 Å². The molecule has 12 heavy (non-hydrogen) atoms. The van der Waals surface area contributed by atoms with Crippen molar-refractivity contribution in [1.29, 1.82) is 0 Å². The Morgan fingerprint density at radius 1 is 0.917 bits per heavy atom. The van der Waals surface area contributed by atoms with Crippen LogP contribution in [0.15, 0.2) is 0 Å². The van der Waals surface area contributed by atoms with E-state index in [1.54, 1.807) is 0 Å². The molecule has 0 aromatic heterocycles. The molecule has 0 aromatic carbocycles. The molecule has 10 nitrogen and oxygen atoms in total. The highest BCUT2D eigenvalue weighted by Gasteiger charge is 1.96. The number of hydroxylamine groups is 3. The van der Waals surface area contributed by atoms with Crippen LogP contribution in [-0.4, -0.2) is 39.4 Å². The minimum absolute atomic E-state index is 1.10. The summed E-state index contributed by atoms with van der Waals surface area (Å²) in [6.07, 6.45) is -1.10. The highest BCUT2D eigenvalue weighted by Crippen LogP contribution is 1.59. The lowest BCUT2D eigenvalue weighted by Gasteiger charge is -2.07. The van der Waals surface area contributed by atoms with Gasteiger partial charge in [0.05, 0.1) is 0 Å². The number of nitrogens with one attached hydrogen (secondary N) is 3. The van der Waals surface area contributed by atoms with Crippen molar-refractivity contribution in [3.8, 4) is 0 Å². The SMILES string of the molecule is O=S(=O)(O)O.ONC(NO)NO. The maximum Gasteiger partial charge on any atom is 0.394 e. The van der Waals surface area contributed by atoms with E-state index in [-0.39, 0.29) is 0 Å². The van der Waals surface area contributed by atoms with Gasteiger partial charge >= 0.3 is 10.4 Å². The molecular weight excluding hydrogens is 198 g/mol. The first-order valence-corrected chi connectivity index (χ1v) is 3.63. The zero-order valence-corrected chi connectivity index (χ0v) is 6.35. The van der Waals surface area contributed by atoms with Gasteiger partial charge in [-0.2, -0.15) is 24.9 Å². The topological polar surface area (TPSA) is 171 Å². The van der Waals surface area contributed by atoms with Crippen molar-refractivity contribution in [2.24, 2.45) is 0 Å². The lowest BCUT2D eigenvalue weighted by Crippen LogP contribution is -2.48. The standard InChI is InChI=1S/CH7N3O3.H2O4S/c5-2-1(3-6)4-7;1-5(2,3)4/h1-7H;(H2,1,2,3,4). The van der Waals surface area contributed by atoms with E-state index in [1.165, 1.54) is 16.4 Å². The predicted octanol–water partition coefficient (Wildman–Crippen LogP) is -2.45. The van der Waals surface area contributed by atoms with Gasteiger partial charge in [0.2, 0.25) is 0 Å². The van der Waals surface area contributed by atoms with Gasteiger partial charge < -0.3 is 15.6 Å². The second-order valence-electron chi connectivity index (χ2n) is 1.27. The third-order valence-corrected chi connectivity index (χ3v) is 0.387. The maximum atomic E-state index is 8.74. The average Bonchev–Trinajstić information content (AvgIpc) is 1.88. The van der Waals surface area contributed by atoms with Crippen LogP contribution in [0.5, 0.6) is 0 Å². The second kappa shape index (κ2) is 7.29. The summed E-state index contributed by atoms with van der Waals surface area (Å²) in [7, 11) is -4.67. The molecular formula is CH9N3O7S. The molecule has 0 atom stereocenters. The molecule has 0 radical (unpaired) electrons. The molecule has 0 heterocycles. The zero-order chi connectivity index (χ0) is 10.2. The summed E-state index contributed by atoms with van der Waals surface area (Å²) in [5.41, 5.74) is 4.44. The van der Waals surface area contributed by atoms with Crippen LogP contribution < -0.4 is 16.4 Å². The quantitative estimate of drug-likeness (QED) is 0.141. The molecule has 0 aromatic rings. The van der Waals surface area contributed by atoms with Gasteiger partial charge in [0.15, 0.2) is 6.29 Å². The molecule has 0 fully saturated rings. The molecule has 8 N–H and O–H groups in total. The second-order valence-corrected chi connectivity index (χ2v) is 2.16. The lowest BCUT2D eigenvalue weighted by atomic mass is 11.0. The van der Waals surface area contributed by atoms with Crippen LogP contribution >= 0.6 is 0 Å². The first-order valence-electron chi connectivity index (χ1n) is 2.24. The summed E-state index contributed by atoms with van der Waals surface area (Å²) in [5.74, 6) is 0. The largest absolute Gasteiger partial charge is 0.394 e. The van der Waals surface area contributed by atoms with Crippen LogP contribution in [0.2, 0.25) is 0 Å². The summed E-state index contributed by atoms with van der Waals surface area (Å²) in [6.45, 7) is 0. The van der Waals surface area contributed by atoms with Gasteiger partial charge in [-0.05, 0) is 0 Å². The molecule has 0 aliphatic rings. The van der Waals surface area contributed by atoms with Crippen LogP contribution in [0.4, 0.5) is 0 Å². The summed E-state index contributed by atoms with van der Waals surface area (Å²) in [6, 6.07) is 0. The molecule has 0 spiro atoms. The third kappa shape index (κ3) is 22.6. The summed E-state index contributed by atoms with van der Waals surface area (Å²) in [4.78, 5) is 0. The van der Waals surface area contributed by atoms with Crippen LogP contribution in [0.1, 0.15) is 0 Å². The number of rotatable bonds is 3. The third-order valence-electron chi connectivity index (χ3n) is 0.387. The predicted molar refractivity (Wildman–Crippen MR) is 32.7 cm³/mol. The van der Waals surface area contributed by atoms with Gasteiger partial charge in [0.25, 0.3) is 0 Å². The highest BCUT2D eigenvalue weighted by molar-refractivity contribution is 7.79. The van der Waals surface area contributed by atoms with Crippen molar-refractivity contribution in [3.63, 3.8) is 0 Å². The van der Waals surface area contributed by atoms with Crippen molar-refractivity contribution in [2.75, 3.05) is 0 Å². The van der Waals surface area contributed by atoms with Gasteiger partial charge in [-0.25, -0.2) is 0 Å². The van der Waals surface area contributed by atoms with Gasteiger partial charge in [-0.1, -0.05) is 0 Å². The Hall–Kier alpha value is -0.370. The summed E-state index contributed by atoms with van der Waals surface area (Å²) >= 11 is 0. The van der Waals surface area contributed by atoms with E-state index in [0.717, 1.165) is 0 Å². The highest BCUT2D eigenvalue weighted by atomic mass is 32.3. The first-order chi connectivity index (χ1) is 5.35. The van der Waals surface area contributed by atoms with E-state index in [2.05, 4.69) is 0 Å². The Balaban J connectivity index is 0. The molecule has 0 saturated heterocycles. The molecule has 0 unspecified atom stereocenters. The van der Waals surface area contributed by atoms with E-state index in [0.29, 0.717) is 0 Å². The first kappa shape index (κ1) is 14.2. The fraction of sp³-hybridized carbons (Fsp3) is 1.00.